The number of aromatic nitrogens is 4. The maximum absolute atomic E-state index is 5.41. The zero-order valence-electron chi connectivity index (χ0n) is 16.5. The summed E-state index contributed by atoms with van der Waals surface area (Å²) in [6, 6.07) is 9.65. The minimum atomic E-state index is 0.525. The molecular formula is C23H20N4O2. The standard InChI is InChI=1S/C23H20N4O2/c1-15-19-14-26-17(9-4-7-16-8-5-11-24-22(16)28-2)13-20(19)27-21(15)18-10-6-12-25-23(18)29-3/h5-6,8,10-14,27H,9H2,1-3H3. The number of ether oxygens (including phenoxy) is 2. The molecule has 0 amide bonds. The van der Waals surface area contributed by atoms with E-state index < -0.39 is 0 Å². The average molecular weight is 384 g/mol. The van der Waals surface area contributed by atoms with E-state index in [1.807, 2.05) is 36.5 Å². The van der Waals surface area contributed by atoms with Crippen LogP contribution in [0.3, 0.4) is 0 Å². The highest BCUT2D eigenvalue weighted by atomic mass is 16.5. The lowest BCUT2D eigenvalue weighted by Crippen LogP contribution is -1.91. The number of aryl methyl sites for hydroxylation is 1. The molecule has 4 aromatic heterocycles. The number of hydrogen-bond acceptors (Lipinski definition) is 5. The number of methoxy groups -OCH3 is 2. The molecule has 6 nitrogen and oxygen atoms in total. The molecular weight excluding hydrogens is 364 g/mol. The number of hydrogen-bond donors (Lipinski definition) is 1. The Labute approximate surface area is 169 Å². The molecule has 0 spiro atoms. The van der Waals surface area contributed by atoms with Crippen molar-refractivity contribution >= 4 is 10.9 Å². The highest BCUT2D eigenvalue weighted by molar-refractivity contribution is 5.90. The van der Waals surface area contributed by atoms with Crippen LogP contribution in [0.1, 0.15) is 16.8 Å². The van der Waals surface area contributed by atoms with Crippen molar-refractivity contribution < 1.29 is 9.47 Å². The van der Waals surface area contributed by atoms with E-state index >= 15 is 0 Å². The molecule has 0 saturated carbocycles. The highest BCUT2D eigenvalue weighted by Crippen LogP contribution is 2.33. The fourth-order valence-electron chi connectivity index (χ4n) is 3.25. The molecule has 0 aliphatic heterocycles. The van der Waals surface area contributed by atoms with E-state index in [1.54, 1.807) is 26.6 Å². The minimum Gasteiger partial charge on any atom is -0.481 e. The zero-order chi connectivity index (χ0) is 20.2. The summed E-state index contributed by atoms with van der Waals surface area (Å²) < 4.78 is 10.6. The number of aromatic amines is 1. The van der Waals surface area contributed by atoms with Gasteiger partial charge in [0.2, 0.25) is 11.8 Å². The Morgan fingerprint density at radius 1 is 1.00 bits per heavy atom. The molecule has 29 heavy (non-hydrogen) atoms. The van der Waals surface area contributed by atoms with Crippen LogP contribution < -0.4 is 9.47 Å². The Morgan fingerprint density at radius 3 is 2.55 bits per heavy atom. The van der Waals surface area contributed by atoms with Gasteiger partial charge in [-0.15, -0.1) is 0 Å². The van der Waals surface area contributed by atoms with Crippen molar-refractivity contribution in [1.29, 1.82) is 0 Å². The zero-order valence-corrected chi connectivity index (χ0v) is 16.5. The molecule has 6 heteroatoms. The molecule has 0 bridgehead atoms. The predicted octanol–water partition coefficient (Wildman–Crippen LogP) is 3.94. The van der Waals surface area contributed by atoms with Crippen molar-refractivity contribution in [3.05, 3.63) is 65.7 Å². The molecule has 4 rings (SSSR count). The van der Waals surface area contributed by atoms with E-state index in [4.69, 9.17) is 9.47 Å². The predicted molar refractivity (Wildman–Crippen MR) is 112 cm³/mol. The third-order valence-corrected chi connectivity index (χ3v) is 4.69. The number of fused-ring (bicyclic) bond motifs is 1. The summed E-state index contributed by atoms with van der Waals surface area (Å²) in [5, 5.41) is 1.07. The molecule has 0 unspecified atom stereocenters. The molecule has 0 aliphatic rings. The largest absolute Gasteiger partial charge is 0.481 e. The van der Waals surface area contributed by atoms with Gasteiger partial charge in [0.05, 0.1) is 43.2 Å². The smallest absolute Gasteiger partial charge is 0.229 e. The molecule has 0 radical (unpaired) electrons. The quantitative estimate of drug-likeness (QED) is 0.540. The van der Waals surface area contributed by atoms with Crippen molar-refractivity contribution in [1.82, 2.24) is 19.9 Å². The second-order valence-electron chi connectivity index (χ2n) is 6.45. The van der Waals surface area contributed by atoms with Crippen LogP contribution in [-0.2, 0) is 6.42 Å². The van der Waals surface area contributed by atoms with Crippen LogP contribution in [-0.4, -0.2) is 34.2 Å². The lowest BCUT2D eigenvalue weighted by Gasteiger charge is -2.05. The number of rotatable bonds is 4. The van der Waals surface area contributed by atoms with Crippen LogP contribution in [0.4, 0.5) is 0 Å². The van der Waals surface area contributed by atoms with Gasteiger partial charge in [0.15, 0.2) is 0 Å². The van der Waals surface area contributed by atoms with E-state index in [0.29, 0.717) is 18.2 Å². The van der Waals surface area contributed by atoms with Gasteiger partial charge in [-0.25, -0.2) is 9.97 Å². The SMILES string of the molecule is COc1ncccc1C#CCc1cc2[nH]c(-c3cccnc3OC)c(C)c2cn1. The molecule has 0 atom stereocenters. The topological polar surface area (TPSA) is 72.9 Å². The van der Waals surface area contributed by atoms with Gasteiger partial charge in [-0.3, -0.25) is 4.98 Å². The van der Waals surface area contributed by atoms with E-state index in [9.17, 15) is 0 Å². The summed E-state index contributed by atoms with van der Waals surface area (Å²) >= 11 is 0. The van der Waals surface area contributed by atoms with Gasteiger partial charge >= 0.3 is 0 Å². The minimum absolute atomic E-state index is 0.525. The van der Waals surface area contributed by atoms with Crippen LogP contribution >= 0.6 is 0 Å². The Morgan fingerprint density at radius 2 is 1.76 bits per heavy atom. The maximum atomic E-state index is 5.41. The Balaban J connectivity index is 1.65. The van der Waals surface area contributed by atoms with Gasteiger partial charge in [-0.2, -0.15) is 0 Å². The normalized spacial score (nSPS) is 10.4. The van der Waals surface area contributed by atoms with E-state index in [-0.39, 0.29) is 0 Å². The van der Waals surface area contributed by atoms with Crippen LogP contribution in [0.25, 0.3) is 22.2 Å². The van der Waals surface area contributed by atoms with E-state index in [1.165, 1.54) is 0 Å². The first kappa shape index (κ1) is 18.5. The molecule has 4 aromatic rings. The van der Waals surface area contributed by atoms with Crippen LogP contribution in [0, 0.1) is 18.8 Å². The fraction of sp³-hybridized carbons (Fsp3) is 0.174. The van der Waals surface area contributed by atoms with Crippen molar-refractivity contribution in [3.63, 3.8) is 0 Å². The second kappa shape index (κ2) is 8.03. The summed E-state index contributed by atoms with van der Waals surface area (Å²) in [6.07, 6.45) is 5.81. The fourth-order valence-corrected chi connectivity index (χ4v) is 3.25. The third kappa shape index (κ3) is 3.63. The molecule has 4 heterocycles. The molecule has 0 fully saturated rings. The van der Waals surface area contributed by atoms with Crippen LogP contribution in [0.15, 0.2) is 48.9 Å². The van der Waals surface area contributed by atoms with Gasteiger partial charge in [0.25, 0.3) is 0 Å². The lowest BCUT2D eigenvalue weighted by atomic mass is 10.1. The summed E-state index contributed by atoms with van der Waals surface area (Å²) in [5.41, 5.74) is 5.67. The van der Waals surface area contributed by atoms with E-state index in [0.717, 1.165) is 39.0 Å². The third-order valence-electron chi connectivity index (χ3n) is 4.69. The van der Waals surface area contributed by atoms with Crippen molar-refractivity contribution in [2.45, 2.75) is 13.3 Å². The number of pyridine rings is 3. The molecule has 0 saturated heterocycles. The summed E-state index contributed by atoms with van der Waals surface area (Å²) in [7, 11) is 3.21. The van der Waals surface area contributed by atoms with Crippen LogP contribution in [0.5, 0.6) is 11.8 Å². The number of H-pyrrole nitrogens is 1. The van der Waals surface area contributed by atoms with Gasteiger partial charge in [0, 0.05) is 29.5 Å². The lowest BCUT2D eigenvalue weighted by molar-refractivity contribution is 0.396. The van der Waals surface area contributed by atoms with Crippen LogP contribution in [0.2, 0.25) is 0 Å². The first-order valence-corrected chi connectivity index (χ1v) is 9.15. The first-order chi connectivity index (χ1) is 14.2. The summed E-state index contributed by atoms with van der Waals surface area (Å²) in [5.74, 6) is 7.37. The Kier molecular flexibility index (Phi) is 5.12. The van der Waals surface area contributed by atoms with Gasteiger partial charge < -0.3 is 14.5 Å². The van der Waals surface area contributed by atoms with Gasteiger partial charge in [0.1, 0.15) is 0 Å². The van der Waals surface area contributed by atoms with Crippen molar-refractivity contribution in [2.75, 3.05) is 14.2 Å². The van der Waals surface area contributed by atoms with Gasteiger partial charge in [-0.05, 0) is 42.8 Å². The first-order valence-electron chi connectivity index (χ1n) is 9.15. The Hall–Kier alpha value is -3.85. The van der Waals surface area contributed by atoms with Gasteiger partial charge in [-0.1, -0.05) is 11.8 Å². The molecule has 0 aliphatic carbocycles. The average Bonchev–Trinajstić information content (AvgIpc) is 3.09. The Bertz CT molecular complexity index is 1230. The monoisotopic (exact) mass is 384 g/mol. The van der Waals surface area contributed by atoms with E-state index in [2.05, 4.69) is 38.7 Å². The summed E-state index contributed by atoms with van der Waals surface area (Å²) in [6.45, 7) is 2.07. The highest BCUT2D eigenvalue weighted by Gasteiger charge is 2.14. The molecule has 1 N–H and O–H groups in total. The summed E-state index contributed by atoms with van der Waals surface area (Å²) in [4.78, 5) is 16.5. The van der Waals surface area contributed by atoms with Crippen molar-refractivity contribution in [2.24, 2.45) is 0 Å². The molecule has 144 valence electrons. The van der Waals surface area contributed by atoms with Crippen molar-refractivity contribution in [3.8, 4) is 34.9 Å². The maximum Gasteiger partial charge on any atom is 0.229 e. The number of nitrogens with one attached hydrogen (secondary N) is 1. The molecule has 0 aromatic carbocycles. The number of nitrogens with zero attached hydrogens (tertiary/aromatic N) is 3. The second-order valence-corrected chi connectivity index (χ2v) is 6.45.